The molecule has 0 saturated carbocycles. The summed E-state index contributed by atoms with van der Waals surface area (Å²) >= 11 is 3.54. The van der Waals surface area contributed by atoms with Gasteiger partial charge in [0.1, 0.15) is 17.7 Å². The molecule has 0 fully saturated rings. The van der Waals surface area contributed by atoms with E-state index in [1.54, 1.807) is 13.1 Å². The summed E-state index contributed by atoms with van der Waals surface area (Å²) in [4.78, 5) is 20.7. The molecule has 2 aromatic rings. The fraction of sp³-hybridized carbons (Fsp3) is 0.353. The molecular formula is C17H17BrN2O3. The summed E-state index contributed by atoms with van der Waals surface area (Å²) in [5.41, 5.74) is 3.65. The molecule has 120 valence electrons. The molecule has 3 rings (SSSR count). The van der Waals surface area contributed by atoms with Gasteiger partial charge in [-0.15, -0.1) is 0 Å². The zero-order valence-electron chi connectivity index (χ0n) is 13.2. The summed E-state index contributed by atoms with van der Waals surface area (Å²) in [7, 11) is 0. The van der Waals surface area contributed by atoms with E-state index in [-0.39, 0.29) is 12.4 Å². The zero-order valence-corrected chi connectivity index (χ0v) is 14.8. The number of benzene rings is 1. The van der Waals surface area contributed by atoms with Crippen LogP contribution in [0.4, 0.5) is 0 Å². The highest BCUT2D eigenvalue weighted by Crippen LogP contribution is 2.46. The second-order valence-corrected chi connectivity index (χ2v) is 6.31. The van der Waals surface area contributed by atoms with Crippen LogP contribution in [0.1, 0.15) is 36.4 Å². The fourth-order valence-electron chi connectivity index (χ4n) is 2.68. The third kappa shape index (κ3) is 3.08. The molecule has 0 radical (unpaired) electrons. The first-order chi connectivity index (χ1) is 11.0. The molecule has 1 aromatic heterocycles. The largest absolute Gasteiger partial charge is 0.483 e. The van der Waals surface area contributed by atoms with Crippen LogP contribution in [-0.4, -0.2) is 22.5 Å². The van der Waals surface area contributed by atoms with Gasteiger partial charge in [-0.2, -0.15) is 0 Å². The maximum Gasteiger partial charge on any atom is 0.309 e. The quantitative estimate of drug-likeness (QED) is 0.759. The van der Waals surface area contributed by atoms with Crippen molar-refractivity contribution < 1.29 is 14.3 Å². The van der Waals surface area contributed by atoms with Gasteiger partial charge in [-0.3, -0.25) is 4.79 Å². The Morgan fingerprint density at radius 1 is 1.39 bits per heavy atom. The Morgan fingerprint density at radius 2 is 2.17 bits per heavy atom. The first-order valence-electron chi connectivity index (χ1n) is 7.46. The third-order valence-corrected chi connectivity index (χ3v) is 4.23. The van der Waals surface area contributed by atoms with Gasteiger partial charge in [0.15, 0.2) is 0 Å². The monoisotopic (exact) mass is 376 g/mol. The SMILES string of the molecule is CCOC(=O)CC1Oc2c(Br)cc(C)cc2-c2nc(C)ncc21. The number of aryl methyl sites for hydroxylation is 2. The molecule has 1 unspecified atom stereocenters. The maximum atomic E-state index is 11.9. The molecule has 0 saturated heterocycles. The molecule has 6 heteroatoms. The second-order valence-electron chi connectivity index (χ2n) is 5.46. The molecule has 5 nitrogen and oxygen atoms in total. The van der Waals surface area contributed by atoms with E-state index in [4.69, 9.17) is 9.47 Å². The highest BCUT2D eigenvalue weighted by molar-refractivity contribution is 9.10. The summed E-state index contributed by atoms with van der Waals surface area (Å²) in [6, 6.07) is 4.02. The van der Waals surface area contributed by atoms with E-state index in [0.29, 0.717) is 18.2 Å². The van der Waals surface area contributed by atoms with E-state index < -0.39 is 6.10 Å². The summed E-state index contributed by atoms with van der Waals surface area (Å²) in [5, 5.41) is 0. The van der Waals surface area contributed by atoms with Crippen LogP contribution >= 0.6 is 15.9 Å². The molecule has 0 spiro atoms. The second kappa shape index (κ2) is 6.28. The number of esters is 1. The molecule has 1 atom stereocenters. The Labute approximate surface area is 143 Å². The van der Waals surface area contributed by atoms with E-state index in [0.717, 1.165) is 26.9 Å². The van der Waals surface area contributed by atoms with Gasteiger partial charge >= 0.3 is 5.97 Å². The number of halogens is 1. The lowest BCUT2D eigenvalue weighted by molar-refractivity contribution is -0.145. The van der Waals surface area contributed by atoms with Crippen molar-refractivity contribution in [1.29, 1.82) is 0 Å². The minimum atomic E-state index is -0.448. The Balaban J connectivity index is 2.10. The van der Waals surface area contributed by atoms with Gasteiger partial charge in [0, 0.05) is 17.3 Å². The van der Waals surface area contributed by atoms with Crippen molar-refractivity contribution in [3.05, 3.63) is 39.8 Å². The first-order valence-corrected chi connectivity index (χ1v) is 8.25. The highest BCUT2D eigenvalue weighted by Gasteiger charge is 2.31. The number of ether oxygens (including phenoxy) is 2. The molecule has 0 N–H and O–H groups in total. The average molecular weight is 377 g/mol. The molecule has 23 heavy (non-hydrogen) atoms. The average Bonchev–Trinajstić information content (AvgIpc) is 2.48. The summed E-state index contributed by atoms with van der Waals surface area (Å²) < 4.78 is 12.0. The number of rotatable bonds is 3. The van der Waals surface area contributed by atoms with Gasteiger partial charge in [0.2, 0.25) is 0 Å². The third-order valence-electron chi connectivity index (χ3n) is 3.64. The van der Waals surface area contributed by atoms with Gasteiger partial charge in [0.25, 0.3) is 0 Å². The predicted molar refractivity (Wildman–Crippen MR) is 89.3 cm³/mol. The Bertz CT molecular complexity index is 777. The molecule has 0 amide bonds. The molecule has 1 aliphatic heterocycles. The van der Waals surface area contributed by atoms with Crippen molar-refractivity contribution in [1.82, 2.24) is 9.97 Å². The van der Waals surface area contributed by atoms with Crippen LogP contribution in [0.3, 0.4) is 0 Å². The van der Waals surface area contributed by atoms with Gasteiger partial charge in [-0.1, -0.05) is 0 Å². The number of carbonyl (C=O) groups excluding carboxylic acids is 1. The lowest BCUT2D eigenvalue weighted by Crippen LogP contribution is -2.20. The fourth-order valence-corrected chi connectivity index (χ4v) is 3.35. The lowest BCUT2D eigenvalue weighted by Gasteiger charge is -2.28. The minimum Gasteiger partial charge on any atom is -0.483 e. The number of hydrogen-bond donors (Lipinski definition) is 0. The van der Waals surface area contributed by atoms with Crippen molar-refractivity contribution in [2.75, 3.05) is 6.61 Å². The molecule has 1 aromatic carbocycles. The van der Waals surface area contributed by atoms with E-state index in [1.165, 1.54) is 0 Å². The Kier molecular flexibility index (Phi) is 4.35. The molecule has 0 bridgehead atoms. The Morgan fingerprint density at radius 3 is 2.91 bits per heavy atom. The number of fused-ring (bicyclic) bond motifs is 3. The van der Waals surface area contributed by atoms with Crippen LogP contribution < -0.4 is 4.74 Å². The minimum absolute atomic E-state index is 0.132. The summed E-state index contributed by atoms with van der Waals surface area (Å²) in [6.07, 6.45) is 1.42. The van der Waals surface area contributed by atoms with Crippen molar-refractivity contribution >= 4 is 21.9 Å². The van der Waals surface area contributed by atoms with Gasteiger partial charge in [-0.25, -0.2) is 9.97 Å². The van der Waals surface area contributed by atoms with Gasteiger partial charge in [0.05, 0.1) is 23.2 Å². The topological polar surface area (TPSA) is 61.3 Å². The van der Waals surface area contributed by atoms with Gasteiger partial charge < -0.3 is 9.47 Å². The van der Waals surface area contributed by atoms with Crippen molar-refractivity contribution in [3.8, 4) is 17.0 Å². The predicted octanol–water partition coefficient (Wildman–Crippen LogP) is 3.91. The number of carbonyl (C=O) groups is 1. The van der Waals surface area contributed by atoms with Crippen LogP contribution in [0.2, 0.25) is 0 Å². The lowest BCUT2D eigenvalue weighted by atomic mass is 9.96. The standard InChI is InChI=1S/C17H17BrN2O3/c1-4-22-15(21)7-14-12-8-19-10(3)20-16(12)11-5-9(2)6-13(18)17(11)23-14/h5-6,8,14H,4,7H2,1-3H3. The van der Waals surface area contributed by atoms with Crippen LogP contribution in [-0.2, 0) is 9.53 Å². The van der Waals surface area contributed by atoms with Crippen LogP contribution in [0.25, 0.3) is 11.3 Å². The van der Waals surface area contributed by atoms with E-state index >= 15 is 0 Å². The van der Waals surface area contributed by atoms with Crippen LogP contribution in [0.5, 0.6) is 5.75 Å². The zero-order chi connectivity index (χ0) is 16.6. The highest BCUT2D eigenvalue weighted by atomic mass is 79.9. The molecule has 0 aliphatic carbocycles. The van der Waals surface area contributed by atoms with E-state index in [9.17, 15) is 4.79 Å². The maximum absolute atomic E-state index is 11.9. The molecule has 2 heterocycles. The van der Waals surface area contributed by atoms with E-state index in [1.807, 2.05) is 26.0 Å². The molecular weight excluding hydrogens is 360 g/mol. The number of nitrogens with zero attached hydrogens (tertiary/aromatic N) is 2. The van der Waals surface area contributed by atoms with Crippen LogP contribution in [0.15, 0.2) is 22.8 Å². The first kappa shape index (κ1) is 15.9. The molecule has 1 aliphatic rings. The van der Waals surface area contributed by atoms with E-state index in [2.05, 4.69) is 25.9 Å². The van der Waals surface area contributed by atoms with Gasteiger partial charge in [-0.05, 0) is 54.4 Å². The number of hydrogen-bond acceptors (Lipinski definition) is 5. The Hall–Kier alpha value is -1.95. The van der Waals surface area contributed by atoms with Crippen LogP contribution in [0, 0.1) is 13.8 Å². The smallest absolute Gasteiger partial charge is 0.309 e. The van der Waals surface area contributed by atoms with Crippen molar-refractivity contribution in [2.24, 2.45) is 0 Å². The normalized spacial score (nSPS) is 15.4. The number of aromatic nitrogens is 2. The van der Waals surface area contributed by atoms with Crippen molar-refractivity contribution in [2.45, 2.75) is 33.3 Å². The summed E-state index contributed by atoms with van der Waals surface area (Å²) in [5.74, 6) is 1.09. The summed E-state index contributed by atoms with van der Waals surface area (Å²) in [6.45, 7) is 6.00. The van der Waals surface area contributed by atoms with Crippen molar-refractivity contribution in [3.63, 3.8) is 0 Å².